The van der Waals surface area contributed by atoms with Gasteiger partial charge in [-0.1, -0.05) is 36.6 Å². The molecule has 0 radical (unpaired) electrons. The molecule has 1 aliphatic heterocycles. The summed E-state index contributed by atoms with van der Waals surface area (Å²) in [4.78, 5) is 15.0. The smallest absolute Gasteiger partial charge is 0.322 e. The van der Waals surface area contributed by atoms with Crippen LogP contribution in [0.2, 0.25) is 5.02 Å². The van der Waals surface area contributed by atoms with E-state index in [1.54, 1.807) is 32.4 Å². The van der Waals surface area contributed by atoms with Crippen LogP contribution in [0.4, 0.5) is 10.5 Å². The molecule has 5 nitrogen and oxygen atoms in total. The maximum atomic E-state index is 13.1. The highest BCUT2D eigenvalue weighted by atomic mass is 35.5. The number of anilines is 1. The Morgan fingerprint density at radius 1 is 1.07 bits per heavy atom. The number of halogens is 1. The molecular formula is C21H25ClN2O3. The summed E-state index contributed by atoms with van der Waals surface area (Å²) in [5.74, 6) is 1.25. The van der Waals surface area contributed by atoms with Crippen LogP contribution in [-0.2, 0) is 0 Å². The average molecular weight is 389 g/mol. The molecule has 0 bridgehead atoms. The van der Waals surface area contributed by atoms with E-state index in [2.05, 4.69) is 5.32 Å². The Hall–Kier alpha value is -2.40. The summed E-state index contributed by atoms with van der Waals surface area (Å²) in [7, 11) is 3.17. The zero-order chi connectivity index (χ0) is 19.2. The molecule has 3 rings (SSSR count). The number of hydrogen-bond acceptors (Lipinski definition) is 3. The number of nitrogens with zero attached hydrogens (tertiary/aromatic N) is 1. The van der Waals surface area contributed by atoms with Crippen molar-refractivity contribution in [2.45, 2.75) is 31.7 Å². The van der Waals surface area contributed by atoms with Gasteiger partial charge in [-0.15, -0.1) is 0 Å². The number of urea groups is 1. The zero-order valence-corrected chi connectivity index (χ0v) is 16.5. The minimum Gasteiger partial charge on any atom is -0.497 e. The van der Waals surface area contributed by atoms with Gasteiger partial charge in [-0.25, -0.2) is 4.79 Å². The van der Waals surface area contributed by atoms with Crippen LogP contribution in [0.3, 0.4) is 0 Å². The van der Waals surface area contributed by atoms with E-state index in [-0.39, 0.29) is 12.1 Å². The highest BCUT2D eigenvalue weighted by Crippen LogP contribution is 2.33. The maximum absolute atomic E-state index is 13.1. The van der Waals surface area contributed by atoms with Crippen molar-refractivity contribution in [1.82, 2.24) is 4.90 Å². The van der Waals surface area contributed by atoms with Gasteiger partial charge in [0.25, 0.3) is 0 Å². The number of carbonyl (C=O) groups excluding carboxylic acids is 1. The third-order valence-electron chi connectivity index (χ3n) is 4.92. The monoisotopic (exact) mass is 388 g/mol. The summed E-state index contributed by atoms with van der Waals surface area (Å²) >= 11 is 6.03. The van der Waals surface area contributed by atoms with Gasteiger partial charge in [0.15, 0.2) is 0 Å². The lowest BCUT2D eigenvalue weighted by molar-refractivity contribution is 0.189. The summed E-state index contributed by atoms with van der Waals surface area (Å²) in [6.07, 6.45) is 4.16. The number of likely N-dealkylation sites (tertiary alicyclic amines) is 1. The van der Waals surface area contributed by atoms with E-state index in [9.17, 15) is 4.79 Å². The van der Waals surface area contributed by atoms with Gasteiger partial charge in [-0.2, -0.15) is 0 Å². The SMILES string of the molecule is COc1ccc(NC(=O)N2CCCCC[C@H]2c2ccc(Cl)cc2)c(OC)c1. The summed E-state index contributed by atoms with van der Waals surface area (Å²) in [6, 6.07) is 13.0. The lowest BCUT2D eigenvalue weighted by Crippen LogP contribution is -2.38. The molecule has 0 saturated carbocycles. The third kappa shape index (κ3) is 4.66. The second kappa shape index (κ2) is 9.00. The zero-order valence-electron chi connectivity index (χ0n) is 15.7. The van der Waals surface area contributed by atoms with Gasteiger partial charge < -0.3 is 19.7 Å². The first-order valence-electron chi connectivity index (χ1n) is 9.17. The average Bonchev–Trinajstić information content (AvgIpc) is 2.95. The number of amides is 2. The van der Waals surface area contributed by atoms with Gasteiger partial charge >= 0.3 is 6.03 Å². The first-order chi connectivity index (χ1) is 13.1. The number of methoxy groups -OCH3 is 2. The molecule has 0 aromatic heterocycles. The van der Waals surface area contributed by atoms with E-state index < -0.39 is 0 Å². The summed E-state index contributed by atoms with van der Waals surface area (Å²) in [5, 5.41) is 3.70. The Bertz CT molecular complexity index is 779. The van der Waals surface area contributed by atoms with Crippen molar-refractivity contribution in [1.29, 1.82) is 0 Å². The molecule has 2 aromatic rings. The molecular weight excluding hydrogens is 364 g/mol. The molecule has 1 N–H and O–H groups in total. The van der Waals surface area contributed by atoms with Crippen LogP contribution in [-0.4, -0.2) is 31.7 Å². The van der Waals surface area contributed by atoms with Crippen LogP contribution in [0.15, 0.2) is 42.5 Å². The molecule has 0 unspecified atom stereocenters. The highest BCUT2D eigenvalue weighted by Gasteiger charge is 2.27. The lowest BCUT2D eigenvalue weighted by Gasteiger charge is -2.31. The minimum absolute atomic E-state index is 0.0361. The van der Waals surface area contributed by atoms with E-state index in [0.29, 0.717) is 22.2 Å². The standard InChI is InChI=1S/C21H25ClN2O3/c1-26-17-11-12-18(20(14-17)27-2)23-21(25)24-13-5-3-4-6-19(24)15-7-9-16(22)10-8-15/h7-12,14,19H,3-6,13H2,1-2H3,(H,23,25)/t19-/m0/s1. The van der Waals surface area contributed by atoms with Crippen LogP contribution >= 0.6 is 11.6 Å². The Morgan fingerprint density at radius 3 is 2.56 bits per heavy atom. The first kappa shape index (κ1) is 19.4. The molecule has 144 valence electrons. The van der Waals surface area contributed by atoms with E-state index in [1.807, 2.05) is 29.2 Å². The normalized spacial score (nSPS) is 17.1. The van der Waals surface area contributed by atoms with Crippen LogP contribution in [0, 0.1) is 0 Å². The van der Waals surface area contributed by atoms with Crippen molar-refractivity contribution in [3.63, 3.8) is 0 Å². The molecule has 1 atom stereocenters. The number of benzene rings is 2. The van der Waals surface area contributed by atoms with Gasteiger partial charge in [-0.3, -0.25) is 0 Å². The summed E-state index contributed by atoms with van der Waals surface area (Å²) in [6.45, 7) is 0.720. The Balaban J connectivity index is 1.83. The molecule has 1 saturated heterocycles. The van der Waals surface area contributed by atoms with E-state index in [0.717, 1.165) is 37.8 Å². The van der Waals surface area contributed by atoms with Crippen molar-refractivity contribution in [3.8, 4) is 11.5 Å². The molecule has 1 fully saturated rings. The molecule has 2 amide bonds. The number of rotatable bonds is 4. The first-order valence-corrected chi connectivity index (χ1v) is 9.55. The van der Waals surface area contributed by atoms with E-state index >= 15 is 0 Å². The van der Waals surface area contributed by atoms with Crippen molar-refractivity contribution in [3.05, 3.63) is 53.1 Å². The Labute approximate surface area is 165 Å². The largest absolute Gasteiger partial charge is 0.497 e. The topological polar surface area (TPSA) is 50.8 Å². The van der Waals surface area contributed by atoms with Gasteiger partial charge in [0.2, 0.25) is 0 Å². The fraction of sp³-hybridized carbons (Fsp3) is 0.381. The number of hydrogen-bond donors (Lipinski definition) is 1. The predicted molar refractivity (Wildman–Crippen MR) is 108 cm³/mol. The van der Waals surface area contributed by atoms with Crippen LogP contribution in [0.5, 0.6) is 11.5 Å². The summed E-state index contributed by atoms with van der Waals surface area (Å²) < 4.78 is 10.6. The summed E-state index contributed by atoms with van der Waals surface area (Å²) in [5.41, 5.74) is 1.74. The number of carbonyl (C=O) groups is 1. The van der Waals surface area contributed by atoms with Crippen molar-refractivity contribution < 1.29 is 14.3 Å². The van der Waals surface area contributed by atoms with Gasteiger partial charge in [0, 0.05) is 17.6 Å². The molecule has 0 aliphatic carbocycles. The second-order valence-electron chi connectivity index (χ2n) is 6.61. The molecule has 0 spiro atoms. The van der Waals surface area contributed by atoms with Crippen LogP contribution in [0.1, 0.15) is 37.3 Å². The fourth-order valence-corrected chi connectivity index (χ4v) is 3.60. The molecule has 27 heavy (non-hydrogen) atoms. The van der Waals surface area contributed by atoms with Gasteiger partial charge in [-0.05, 0) is 42.7 Å². The van der Waals surface area contributed by atoms with Crippen molar-refractivity contribution >= 4 is 23.3 Å². The molecule has 6 heteroatoms. The van der Waals surface area contributed by atoms with Crippen LogP contribution in [0.25, 0.3) is 0 Å². The second-order valence-corrected chi connectivity index (χ2v) is 7.04. The van der Waals surface area contributed by atoms with Gasteiger partial charge in [0.1, 0.15) is 11.5 Å². The molecule has 2 aromatic carbocycles. The number of ether oxygens (including phenoxy) is 2. The van der Waals surface area contributed by atoms with Crippen molar-refractivity contribution in [2.24, 2.45) is 0 Å². The quantitative estimate of drug-likeness (QED) is 0.751. The van der Waals surface area contributed by atoms with Gasteiger partial charge in [0.05, 0.1) is 25.9 Å². The predicted octanol–water partition coefficient (Wildman–Crippen LogP) is 5.51. The lowest BCUT2D eigenvalue weighted by atomic mass is 10.0. The van der Waals surface area contributed by atoms with E-state index in [4.69, 9.17) is 21.1 Å². The minimum atomic E-state index is -0.125. The third-order valence-corrected chi connectivity index (χ3v) is 5.17. The van der Waals surface area contributed by atoms with Crippen molar-refractivity contribution in [2.75, 3.05) is 26.1 Å². The Morgan fingerprint density at radius 2 is 1.85 bits per heavy atom. The molecule has 1 heterocycles. The Kier molecular flexibility index (Phi) is 6.45. The van der Waals surface area contributed by atoms with E-state index in [1.165, 1.54) is 0 Å². The highest BCUT2D eigenvalue weighted by molar-refractivity contribution is 6.30. The number of nitrogens with one attached hydrogen (secondary N) is 1. The van der Waals surface area contributed by atoms with Crippen LogP contribution < -0.4 is 14.8 Å². The molecule has 1 aliphatic rings. The maximum Gasteiger partial charge on any atom is 0.322 e. The fourth-order valence-electron chi connectivity index (χ4n) is 3.47.